The molecule has 0 saturated heterocycles. The lowest BCUT2D eigenvalue weighted by Crippen LogP contribution is -2.30. The van der Waals surface area contributed by atoms with Crippen molar-refractivity contribution < 1.29 is 14.3 Å². The molecule has 0 radical (unpaired) electrons. The van der Waals surface area contributed by atoms with E-state index in [1.54, 1.807) is 7.11 Å². The highest BCUT2D eigenvalue weighted by Gasteiger charge is 2.20. The van der Waals surface area contributed by atoms with Crippen LogP contribution in [-0.4, -0.2) is 29.7 Å². The molecule has 1 heterocycles. The number of ether oxygens (including phenoxy) is 1. The van der Waals surface area contributed by atoms with E-state index in [2.05, 4.69) is 10.3 Å². The van der Waals surface area contributed by atoms with E-state index in [4.69, 9.17) is 10.5 Å². The van der Waals surface area contributed by atoms with E-state index < -0.39 is 5.91 Å². The van der Waals surface area contributed by atoms with Crippen LogP contribution >= 0.6 is 11.8 Å². The maximum Gasteiger partial charge on any atom is 0.251 e. The molecule has 1 aromatic heterocycles. The van der Waals surface area contributed by atoms with Crippen LogP contribution in [0.5, 0.6) is 5.75 Å². The largest absolute Gasteiger partial charge is 0.497 e. The molecular formula is C25H27N3O3S. The van der Waals surface area contributed by atoms with Crippen LogP contribution in [0, 0.1) is 20.8 Å². The van der Waals surface area contributed by atoms with Crippen LogP contribution < -0.4 is 15.8 Å². The highest BCUT2D eigenvalue weighted by Crippen LogP contribution is 2.28. The topological polar surface area (TPSA) is 94.3 Å². The monoisotopic (exact) mass is 449 g/mol. The summed E-state index contributed by atoms with van der Waals surface area (Å²) in [6.07, 6.45) is 0. The van der Waals surface area contributed by atoms with E-state index in [1.165, 1.54) is 11.8 Å². The van der Waals surface area contributed by atoms with Gasteiger partial charge in [0.1, 0.15) is 10.8 Å². The molecule has 3 rings (SSSR count). The molecule has 0 aliphatic heterocycles. The first-order valence-electron chi connectivity index (χ1n) is 10.2. The van der Waals surface area contributed by atoms with Gasteiger partial charge in [0, 0.05) is 5.69 Å². The van der Waals surface area contributed by atoms with Crippen molar-refractivity contribution in [1.29, 1.82) is 0 Å². The molecule has 166 valence electrons. The number of nitrogens with zero attached hydrogens (tertiary/aromatic N) is 1. The molecule has 3 N–H and O–H groups in total. The summed E-state index contributed by atoms with van der Waals surface area (Å²) < 4.78 is 5.25. The third kappa shape index (κ3) is 5.29. The molecule has 0 saturated carbocycles. The van der Waals surface area contributed by atoms with Crippen molar-refractivity contribution in [2.24, 2.45) is 5.73 Å². The third-order valence-corrected chi connectivity index (χ3v) is 6.41. The molecule has 2 aromatic carbocycles. The molecule has 6 nitrogen and oxygen atoms in total. The molecule has 1 atom stereocenters. The number of carbonyl (C=O) groups excluding carboxylic acids is 2. The predicted octanol–water partition coefficient (Wildman–Crippen LogP) is 4.11. The van der Waals surface area contributed by atoms with Crippen LogP contribution in [0.4, 0.5) is 0 Å². The molecule has 0 spiro atoms. The number of carbonyl (C=O) groups is 2. The van der Waals surface area contributed by atoms with Gasteiger partial charge >= 0.3 is 0 Å². The van der Waals surface area contributed by atoms with Crippen LogP contribution in [0.15, 0.2) is 59.6 Å². The number of hydrogen-bond donors (Lipinski definition) is 2. The van der Waals surface area contributed by atoms with Crippen molar-refractivity contribution in [1.82, 2.24) is 10.3 Å². The Hall–Kier alpha value is -3.32. The smallest absolute Gasteiger partial charge is 0.251 e. The molecule has 2 amide bonds. The van der Waals surface area contributed by atoms with E-state index in [0.717, 1.165) is 33.7 Å². The van der Waals surface area contributed by atoms with Gasteiger partial charge in [0.2, 0.25) is 5.91 Å². The van der Waals surface area contributed by atoms with E-state index >= 15 is 0 Å². The summed E-state index contributed by atoms with van der Waals surface area (Å²) >= 11 is 1.21. The van der Waals surface area contributed by atoms with Gasteiger partial charge in [-0.15, -0.1) is 0 Å². The Labute approximate surface area is 192 Å². The molecule has 7 heteroatoms. The standard InChI is InChI=1S/C25H27N3O3S/c1-15-16(2)22(24(26)30)25(27-17(15)3)32-14-21(29)28-23(18-8-6-5-7-9-18)19-10-12-20(31-4)13-11-19/h5-13,23H,14H2,1-4H3,(H2,26,30)(H,28,29). The number of nitrogens with two attached hydrogens (primary N) is 1. The number of methoxy groups -OCH3 is 1. The summed E-state index contributed by atoms with van der Waals surface area (Å²) in [5.74, 6) is 0.140. The average molecular weight is 450 g/mol. The Morgan fingerprint density at radius 1 is 1.00 bits per heavy atom. The number of benzene rings is 2. The lowest BCUT2D eigenvalue weighted by Gasteiger charge is -2.20. The lowest BCUT2D eigenvalue weighted by molar-refractivity contribution is -0.119. The maximum atomic E-state index is 12.9. The van der Waals surface area contributed by atoms with Crippen molar-refractivity contribution >= 4 is 23.6 Å². The highest BCUT2D eigenvalue weighted by molar-refractivity contribution is 8.00. The zero-order valence-corrected chi connectivity index (χ0v) is 19.5. The first kappa shape index (κ1) is 23.3. The van der Waals surface area contributed by atoms with Crippen molar-refractivity contribution in [3.63, 3.8) is 0 Å². The summed E-state index contributed by atoms with van der Waals surface area (Å²) in [5, 5.41) is 3.58. The Morgan fingerprint density at radius 2 is 1.62 bits per heavy atom. The van der Waals surface area contributed by atoms with Crippen LogP contribution in [-0.2, 0) is 4.79 Å². The van der Waals surface area contributed by atoms with E-state index in [9.17, 15) is 9.59 Å². The summed E-state index contributed by atoms with van der Waals surface area (Å²) in [5.41, 5.74) is 10.4. The fourth-order valence-corrected chi connectivity index (χ4v) is 4.39. The van der Waals surface area contributed by atoms with Gasteiger partial charge in [0.15, 0.2) is 0 Å². The van der Waals surface area contributed by atoms with Gasteiger partial charge in [-0.2, -0.15) is 0 Å². The van der Waals surface area contributed by atoms with Gasteiger partial charge in [-0.25, -0.2) is 4.98 Å². The molecule has 3 aromatic rings. The fraction of sp³-hybridized carbons (Fsp3) is 0.240. The normalized spacial score (nSPS) is 11.6. The Balaban J connectivity index is 1.81. The molecule has 0 fully saturated rings. The fourth-order valence-electron chi connectivity index (χ4n) is 3.44. The van der Waals surface area contributed by atoms with E-state index in [-0.39, 0.29) is 17.7 Å². The molecule has 0 bridgehead atoms. The van der Waals surface area contributed by atoms with Crippen LogP contribution in [0.1, 0.15) is 44.3 Å². The number of amides is 2. The lowest BCUT2D eigenvalue weighted by atomic mass is 9.98. The quantitative estimate of drug-likeness (QED) is 0.505. The molecule has 0 aliphatic carbocycles. The van der Waals surface area contributed by atoms with Gasteiger partial charge in [0.25, 0.3) is 5.91 Å². The number of pyridine rings is 1. The van der Waals surface area contributed by atoms with Crippen LogP contribution in [0.25, 0.3) is 0 Å². The minimum atomic E-state index is -0.540. The highest BCUT2D eigenvalue weighted by atomic mass is 32.2. The van der Waals surface area contributed by atoms with Gasteiger partial charge in [0.05, 0.1) is 24.5 Å². The van der Waals surface area contributed by atoms with Crippen LogP contribution in [0.3, 0.4) is 0 Å². The number of rotatable bonds is 8. The SMILES string of the molecule is COc1ccc(C(NC(=O)CSc2nc(C)c(C)c(C)c2C(N)=O)c2ccccc2)cc1. The second kappa shape index (κ2) is 10.3. The van der Waals surface area contributed by atoms with Crippen molar-refractivity contribution in [2.45, 2.75) is 31.8 Å². The molecule has 1 unspecified atom stereocenters. The van der Waals surface area contributed by atoms with E-state index in [1.807, 2.05) is 75.4 Å². The Morgan fingerprint density at radius 3 is 2.22 bits per heavy atom. The minimum absolute atomic E-state index is 0.106. The number of hydrogen-bond acceptors (Lipinski definition) is 5. The zero-order valence-electron chi connectivity index (χ0n) is 18.6. The Bertz CT molecular complexity index is 1120. The summed E-state index contributed by atoms with van der Waals surface area (Å²) in [4.78, 5) is 29.4. The zero-order chi connectivity index (χ0) is 23.3. The number of aromatic nitrogens is 1. The number of primary amides is 1. The van der Waals surface area contributed by atoms with Gasteiger partial charge in [-0.1, -0.05) is 54.2 Å². The number of nitrogens with one attached hydrogen (secondary N) is 1. The third-order valence-electron chi connectivity index (χ3n) is 5.44. The van der Waals surface area contributed by atoms with Gasteiger partial charge < -0.3 is 15.8 Å². The molecule has 0 aliphatic rings. The van der Waals surface area contributed by atoms with Crippen LogP contribution in [0.2, 0.25) is 0 Å². The second-order valence-electron chi connectivity index (χ2n) is 7.46. The number of aryl methyl sites for hydroxylation is 1. The summed E-state index contributed by atoms with van der Waals surface area (Å²) in [6, 6.07) is 17.0. The second-order valence-corrected chi connectivity index (χ2v) is 8.43. The van der Waals surface area contributed by atoms with Gasteiger partial charge in [-0.3, -0.25) is 9.59 Å². The number of thioether (sulfide) groups is 1. The van der Waals surface area contributed by atoms with E-state index in [0.29, 0.717) is 10.6 Å². The van der Waals surface area contributed by atoms with Crippen molar-refractivity contribution in [3.05, 3.63) is 88.1 Å². The minimum Gasteiger partial charge on any atom is -0.497 e. The van der Waals surface area contributed by atoms with Gasteiger partial charge in [-0.05, 0) is 55.2 Å². The average Bonchev–Trinajstić information content (AvgIpc) is 2.80. The predicted molar refractivity (Wildman–Crippen MR) is 127 cm³/mol. The van der Waals surface area contributed by atoms with Crippen molar-refractivity contribution in [3.8, 4) is 5.75 Å². The molecule has 32 heavy (non-hydrogen) atoms. The summed E-state index contributed by atoms with van der Waals surface area (Å²) in [7, 11) is 1.62. The Kier molecular flexibility index (Phi) is 7.53. The molecular weight excluding hydrogens is 422 g/mol. The maximum absolute atomic E-state index is 12.9. The first-order valence-corrected chi connectivity index (χ1v) is 11.2. The first-order chi connectivity index (χ1) is 15.3. The summed E-state index contributed by atoms with van der Waals surface area (Å²) in [6.45, 7) is 5.64. The van der Waals surface area contributed by atoms with Crippen molar-refractivity contribution in [2.75, 3.05) is 12.9 Å².